The molecule has 24 heavy (non-hydrogen) atoms. The van der Waals surface area contributed by atoms with E-state index in [9.17, 15) is 9.59 Å². The molecule has 0 spiro atoms. The van der Waals surface area contributed by atoms with Crippen molar-refractivity contribution in [3.63, 3.8) is 0 Å². The van der Waals surface area contributed by atoms with E-state index in [1.165, 1.54) is 0 Å². The average molecular weight is 326 g/mol. The molecule has 1 atom stereocenters. The molecule has 1 unspecified atom stereocenters. The van der Waals surface area contributed by atoms with Crippen LogP contribution >= 0.6 is 0 Å². The van der Waals surface area contributed by atoms with Gasteiger partial charge in [0.25, 0.3) is 0 Å². The number of rotatable bonds is 5. The normalized spacial score (nSPS) is 17.3. The van der Waals surface area contributed by atoms with Gasteiger partial charge in [-0.3, -0.25) is 9.59 Å². The second-order valence-corrected chi connectivity index (χ2v) is 6.13. The molecule has 126 valence electrons. The third-order valence-electron chi connectivity index (χ3n) is 4.40. The molecule has 1 aliphatic heterocycles. The smallest absolute Gasteiger partial charge is 0.245 e. The molecular formula is C18H22N4O2. The summed E-state index contributed by atoms with van der Waals surface area (Å²) in [5.74, 6) is 0.707. The molecule has 3 rings (SSSR count). The highest BCUT2D eigenvalue weighted by atomic mass is 16.2. The number of carbonyl (C=O) groups excluding carboxylic acids is 2. The highest BCUT2D eigenvalue weighted by Crippen LogP contribution is 2.27. The Bertz CT molecular complexity index is 739. The average Bonchev–Trinajstić information content (AvgIpc) is 3.12. The summed E-state index contributed by atoms with van der Waals surface area (Å²) >= 11 is 0. The number of benzene rings is 1. The van der Waals surface area contributed by atoms with Gasteiger partial charge in [-0.1, -0.05) is 30.3 Å². The van der Waals surface area contributed by atoms with E-state index in [1.807, 2.05) is 44.2 Å². The van der Waals surface area contributed by atoms with Crippen molar-refractivity contribution in [2.45, 2.75) is 32.7 Å². The summed E-state index contributed by atoms with van der Waals surface area (Å²) in [6, 6.07) is 9.98. The number of hydrogen-bond acceptors (Lipinski definition) is 3. The van der Waals surface area contributed by atoms with Crippen molar-refractivity contribution in [2.24, 2.45) is 0 Å². The molecule has 2 heterocycles. The summed E-state index contributed by atoms with van der Waals surface area (Å²) in [6.45, 7) is 5.22. The first kappa shape index (κ1) is 16.2. The maximum absolute atomic E-state index is 12.3. The van der Waals surface area contributed by atoms with Crippen molar-refractivity contribution >= 4 is 17.6 Å². The number of nitrogens with one attached hydrogen (secondary N) is 1. The van der Waals surface area contributed by atoms with Crippen LogP contribution in [0.5, 0.6) is 0 Å². The van der Waals surface area contributed by atoms with Crippen LogP contribution in [-0.2, 0) is 16.1 Å². The van der Waals surface area contributed by atoms with Gasteiger partial charge in [0.15, 0.2) is 0 Å². The predicted molar refractivity (Wildman–Crippen MR) is 91.6 cm³/mol. The predicted octanol–water partition coefficient (Wildman–Crippen LogP) is 2.17. The number of hydrogen-bond donors (Lipinski definition) is 1. The van der Waals surface area contributed by atoms with Gasteiger partial charge in [-0.25, -0.2) is 4.68 Å². The Labute approximate surface area is 141 Å². The zero-order valence-electron chi connectivity index (χ0n) is 14.0. The minimum Gasteiger partial charge on any atom is -0.333 e. The molecule has 1 fully saturated rings. The van der Waals surface area contributed by atoms with Gasteiger partial charge in [-0.15, -0.1) is 0 Å². The van der Waals surface area contributed by atoms with Crippen LogP contribution in [0.2, 0.25) is 0 Å². The molecule has 1 aliphatic rings. The molecule has 1 aromatic heterocycles. The lowest BCUT2D eigenvalue weighted by atomic mass is 9.99. The maximum atomic E-state index is 12.3. The first-order valence-corrected chi connectivity index (χ1v) is 8.23. The first-order chi connectivity index (χ1) is 11.6. The van der Waals surface area contributed by atoms with Crippen LogP contribution in [0.1, 0.15) is 30.4 Å². The molecule has 2 aromatic rings. The molecule has 1 saturated heterocycles. The van der Waals surface area contributed by atoms with Crippen LogP contribution in [0.4, 0.5) is 5.82 Å². The zero-order chi connectivity index (χ0) is 17.1. The van der Waals surface area contributed by atoms with Crippen molar-refractivity contribution in [2.75, 3.05) is 18.4 Å². The van der Waals surface area contributed by atoms with Crippen molar-refractivity contribution in [3.8, 4) is 0 Å². The van der Waals surface area contributed by atoms with Crippen LogP contribution in [0, 0.1) is 6.92 Å². The van der Waals surface area contributed by atoms with E-state index in [2.05, 4.69) is 10.4 Å². The van der Waals surface area contributed by atoms with Crippen molar-refractivity contribution < 1.29 is 9.59 Å². The second kappa shape index (κ2) is 6.86. The summed E-state index contributed by atoms with van der Waals surface area (Å²) < 4.78 is 1.74. The minimum atomic E-state index is -0.185. The van der Waals surface area contributed by atoms with Gasteiger partial charge in [-0.05, 0) is 19.4 Å². The quantitative estimate of drug-likeness (QED) is 0.915. The Morgan fingerprint density at radius 2 is 2.08 bits per heavy atom. The Kier molecular flexibility index (Phi) is 4.64. The topological polar surface area (TPSA) is 67.2 Å². The molecule has 2 amide bonds. The summed E-state index contributed by atoms with van der Waals surface area (Å²) in [5.41, 5.74) is 2.06. The molecular weight excluding hydrogens is 304 g/mol. The van der Waals surface area contributed by atoms with Gasteiger partial charge in [0.2, 0.25) is 11.8 Å². The van der Waals surface area contributed by atoms with E-state index in [0.29, 0.717) is 25.3 Å². The Morgan fingerprint density at radius 3 is 2.79 bits per heavy atom. The Balaban J connectivity index is 1.62. The number of carbonyl (C=O) groups is 2. The highest BCUT2D eigenvalue weighted by molar-refractivity contribution is 5.95. The molecule has 0 bridgehead atoms. The third kappa shape index (κ3) is 3.32. The van der Waals surface area contributed by atoms with Crippen LogP contribution in [0.25, 0.3) is 0 Å². The molecule has 1 N–H and O–H groups in total. The molecule has 6 heteroatoms. The van der Waals surface area contributed by atoms with Crippen LogP contribution in [0.15, 0.2) is 36.5 Å². The Hall–Kier alpha value is -2.63. The van der Waals surface area contributed by atoms with Gasteiger partial charge < -0.3 is 10.2 Å². The van der Waals surface area contributed by atoms with E-state index in [1.54, 1.807) is 15.8 Å². The number of amides is 2. The lowest BCUT2D eigenvalue weighted by molar-refractivity contribution is -0.131. The van der Waals surface area contributed by atoms with Gasteiger partial charge >= 0.3 is 0 Å². The van der Waals surface area contributed by atoms with Crippen molar-refractivity contribution in [1.82, 2.24) is 14.7 Å². The monoisotopic (exact) mass is 326 g/mol. The van der Waals surface area contributed by atoms with E-state index in [4.69, 9.17) is 0 Å². The molecule has 1 aromatic carbocycles. The molecule has 0 radical (unpaired) electrons. The fraction of sp³-hybridized carbons (Fsp3) is 0.389. The first-order valence-electron chi connectivity index (χ1n) is 8.23. The van der Waals surface area contributed by atoms with Crippen molar-refractivity contribution in [3.05, 3.63) is 47.7 Å². The summed E-state index contributed by atoms with van der Waals surface area (Å²) in [5, 5.41) is 7.09. The standard InChI is InChI=1S/C18H22N4O2/c1-3-22-18(13(2)10-19-22)20-16(23)12-21-11-15(9-17(21)24)14-7-5-4-6-8-14/h4-8,10,15H,3,9,11-12H2,1-2H3,(H,20,23). The van der Waals surface area contributed by atoms with E-state index in [0.717, 1.165) is 11.1 Å². The fourth-order valence-corrected chi connectivity index (χ4v) is 3.10. The fourth-order valence-electron chi connectivity index (χ4n) is 3.10. The lowest BCUT2D eigenvalue weighted by Crippen LogP contribution is -2.34. The van der Waals surface area contributed by atoms with E-state index < -0.39 is 0 Å². The van der Waals surface area contributed by atoms with Crippen LogP contribution < -0.4 is 5.32 Å². The second-order valence-electron chi connectivity index (χ2n) is 6.13. The van der Waals surface area contributed by atoms with Gasteiger partial charge in [0.05, 0.1) is 12.7 Å². The number of anilines is 1. The minimum absolute atomic E-state index is 0.0275. The highest BCUT2D eigenvalue weighted by Gasteiger charge is 2.31. The zero-order valence-corrected chi connectivity index (χ0v) is 14.0. The number of nitrogens with zero attached hydrogens (tertiary/aromatic N) is 3. The SMILES string of the molecule is CCn1ncc(C)c1NC(=O)CN1CC(c2ccccc2)CC1=O. The Morgan fingerprint density at radius 1 is 1.33 bits per heavy atom. The van der Waals surface area contributed by atoms with Crippen LogP contribution in [-0.4, -0.2) is 39.6 Å². The van der Waals surface area contributed by atoms with Gasteiger partial charge in [0.1, 0.15) is 5.82 Å². The third-order valence-corrected chi connectivity index (χ3v) is 4.40. The summed E-state index contributed by atoms with van der Waals surface area (Å²) in [4.78, 5) is 26.2. The van der Waals surface area contributed by atoms with Crippen LogP contribution in [0.3, 0.4) is 0 Å². The summed E-state index contributed by atoms with van der Waals surface area (Å²) in [7, 11) is 0. The lowest BCUT2D eigenvalue weighted by Gasteiger charge is -2.17. The number of aromatic nitrogens is 2. The largest absolute Gasteiger partial charge is 0.333 e. The summed E-state index contributed by atoms with van der Waals surface area (Å²) in [6.07, 6.45) is 2.19. The van der Waals surface area contributed by atoms with Gasteiger partial charge in [0, 0.05) is 31.0 Å². The van der Waals surface area contributed by atoms with E-state index in [-0.39, 0.29) is 24.3 Å². The number of aryl methyl sites for hydroxylation is 2. The molecule has 6 nitrogen and oxygen atoms in total. The molecule has 0 aliphatic carbocycles. The van der Waals surface area contributed by atoms with Gasteiger partial charge in [-0.2, -0.15) is 5.10 Å². The maximum Gasteiger partial charge on any atom is 0.245 e. The number of likely N-dealkylation sites (tertiary alicyclic amines) is 1. The van der Waals surface area contributed by atoms with Crippen molar-refractivity contribution in [1.29, 1.82) is 0 Å². The molecule has 0 saturated carbocycles. The van der Waals surface area contributed by atoms with E-state index >= 15 is 0 Å².